The summed E-state index contributed by atoms with van der Waals surface area (Å²) in [6.07, 6.45) is 1.37. The predicted molar refractivity (Wildman–Crippen MR) is 150 cm³/mol. The molecule has 1 aliphatic heterocycles. The van der Waals surface area contributed by atoms with Gasteiger partial charge in [-0.3, -0.25) is 4.79 Å². The number of nitrogens with zero attached hydrogens (tertiary/aromatic N) is 3. The molecule has 2 N–H and O–H groups in total. The zero-order valence-corrected chi connectivity index (χ0v) is 21.5. The van der Waals surface area contributed by atoms with Gasteiger partial charge in [-0.1, -0.05) is 54.6 Å². The Labute approximate surface area is 225 Å². The van der Waals surface area contributed by atoms with E-state index in [2.05, 4.69) is 27.4 Å². The number of aryl methyl sites for hydroxylation is 1. The number of carbonyl (C=O) groups excluding carboxylic acids is 1. The minimum absolute atomic E-state index is 0.144. The number of aromatic nitrogens is 2. The van der Waals surface area contributed by atoms with Crippen molar-refractivity contribution in [1.29, 1.82) is 0 Å². The monoisotopic (exact) mass is 520 g/mol. The Morgan fingerprint density at radius 1 is 0.974 bits per heavy atom. The minimum Gasteiger partial charge on any atom is -0.480 e. The van der Waals surface area contributed by atoms with Crippen molar-refractivity contribution in [3.63, 3.8) is 0 Å². The second kappa shape index (κ2) is 10.2. The number of carboxylic acid groups (broad SMARTS) is 1. The summed E-state index contributed by atoms with van der Waals surface area (Å²) in [6, 6.07) is 24.8. The summed E-state index contributed by atoms with van der Waals surface area (Å²) < 4.78 is 6.08. The highest BCUT2D eigenvalue weighted by atomic mass is 16.4. The van der Waals surface area contributed by atoms with Gasteiger partial charge in [0.05, 0.1) is 0 Å². The van der Waals surface area contributed by atoms with E-state index < -0.39 is 12.0 Å². The van der Waals surface area contributed by atoms with Crippen LogP contribution in [0.15, 0.2) is 83.3 Å². The van der Waals surface area contributed by atoms with Gasteiger partial charge in [-0.2, -0.15) is 0 Å². The van der Waals surface area contributed by atoms with E-state index in [4.69, 9.17) is 4.42 Å². The van der Waals surface area contributed by atoms with E-state index in [1.165, 1.54) is 5.56 Å². The SMILES string of the molecule is Cc1nc(N2C[C@@H](CC(=O)Nc3ccc(Cc4ccccc4)cc3)C[C@H]2C(=O)O)c2oc3ccccc3c2n1. The molecule has 0 spiro atoms. The molecule has 0 aliphatic carbocycles. The number of nitrogens with one attached hydrogen (secondary N) is 1. The fourth-order valence-corrected chi connectivity index (χ4v) is 5.43. The molecule has 1 fully saturated rings. The molecule has 0 unspecified atom stereocenters. The molecule has 8 nitrogen and oxygen atoms in total. The van der Waals surface area contributed by atoms with E-state index in [9.17, 15) is 14.7 Å². The van der Waals surface area contributed by atoms with Crippen LogP contribution in [-0.4, -0.2) is 39.5 Å². The van der Waals surface area contributed by atoms with Crippen molar-refractivity contribution in [1.82, 2.24) is 9.97 Å². The van der Waals surface area contributed by atoms with E-state index in [0.717, 1.165) is 23.1 Å². The maximum absolute atomic E-state index is 12.9. The quantitative estimate of drug-likeness (QED) is 0.288. The molecule has 1 aliphatic rings. The van der Waals surface area contributed by atoms with E-state index in [0.29, 0.717) is 41.3 Å². The van der Waals surface area contributed by atoms with Gasteiger partial charge in [-0.25, -0.2) is 14.8 Å². The summed E-state index contributed by atoms with van der Waals surface area (Å²) in [4.78, 5) is 36.1. The van der Waals surface area contributed by atoms with Crippen LogP contribution in [0.5, 0.6) is 0 Å². The molecule has 1 amide bonds. The Morgan fingerprint density at radius 3 is 2.46 bits per heavy atom. The van der Waals surface area contributed by atoms with Crippen LogP contribution >= 0.6 is 0 Å². The molecule has 0 saturated carbocycles. The summed E-state index contributed by atoms with van der Waals surface area (Å²) in [5, 5.41) is 13.9. The number of fused-ring (bicyclic) bond motifs is 3. The van der Waals surface area contributed by atoms with Crippen LogP contribution in [0.25, 0.3) is 22.1 Å². The number of benzene rings is 3. The van der Waals surface area contributed by atoms with Gasteiger partial charge in [-0.05, 0) is 61.1 Å². The number of amides is 1. The lowest BCUT2D eigenvalue weighted by molar-refractivity contribution is -0.138. The Hall–Kier alpha value is -4.72. The molecule has 3 aromatic carbocycles. The third-order valence-electron chi connectivity index (χ3n) is 7.22. The van der Waals surface area contributed by atoms with Crippen molar-refractivity contribution < 1.29 is 19.1 Å². The van der Waals surface area contributed by atoms with Crippen molar-refractivity contribution in [3.8, 4) is 0 Å². The highest BCUT2D eigenvalue weighted by Crippen LogP contribution is 2.37. The number of aliphatic carboxylic acids is 1. The average Bonchev–Trinajstić information content (AvgIpc) is 3.52. The lowest BCUT2D eigenvalue weighted by Crippen LogP contribution is -2.36. The van der Waals surface area contributed by atoms with Gasteiger partial charge in [-0.15, -0.1) is 0 Å². The molecule has 3 heterocycles. The standard InChI is InChI=1S/C31H28N4O4/c1-19-32-28-24-9-5-6-10-26(24)39-29(28)30(33-19)35-18-22(16-25(35)31(37)38)17-27(36)34-23-13-11-21(12-14-23)15-20-7-3-2-4-8-20/h2-14,22,25H,15-18H2,1H3,(H,34,36)(H,37,38)/t22-,25+/m1/s1. The number of para-hydroxylation sites is 1. The molecule has 0 bridgehead atoms. The summed E-state index contributed by atoms with van der Waals surface area (Å²) in [7, 11) is 0. The Balaban J connectivity index is 1.17. The van der Waals surface area contributed by atoms with Gasteiger partial charge in [0, 0.05) is 24.0 Å². The summed E-state index contributed by atoms with van der Waals surface area (Å²) >= 11 is 0. The van der Waals surface area contributed by atoms with Crippen molar-refractivity contribution >= 4 is 45.5 Å². The predicted octanol–water partition coefficient (Wildman–Crippen LogP) is 5.58. The van der Waals surface area contributed by atoms with Crippen LogP contribution in [-0.2, 0) is 16.0 Å². The first-order chi connectivity index (χ1) is 18.9. The summed E-state index contributed by atoms with van der Waals surface area (Å²) in [6.45, 7) is 2.16. The zero-order valence-electron chi connectivity index (χ0n) is 21.5. The van der Waals surface area contributed by atoms with E-state index in [-0.39, 0.29) is 18.2 Å². The number of anilines is 2. The average molecular weight is 521 g/mol. The molecule has 2 atom stereocenters. The lowest BCUT2D eigenvalue weighted by atomic mass is 10.0. The van der Waals surface area contributed by atoms with Crippen LogP contribution in [0.1, 0.15) is 29.8 Å². The first kappa shape index (κ1) is 24.6. The fourth-order valence-electron chi connectivity index (χ4n) is 5.43. The first-order valence-corrected chi connectivity index (χ1v) is 13.0. The van der Waals surface area contributed by atoms with Crippen LogP contribution in [0, 0.1) is 12.8 Å². The maximum atomic E-state index is 12.9. The topological polar surface area (TPSA) is 109 Å². The number of rotatable bonds is 7. The number of hydrogen-bond acceptors (Lipinski definition) is 6. The Morgan fingerprint density at radius 2 is 1.69 bits per heavy atom. The second-order valence-electron chi connectivity index (χ2n) is 10.1. The van der Waals surface area contributed by atoms with Crippen molar-refractivity contribution in [2.45, 2.75) is 32.2 Å². The van der Waals surface area contributed by atoms with Gasteiger partial charge in [0.15, 0.2) is 11.4 Å². The van der Waals surface area contributed by atoms with Crippen LogP contribution in [0.2, 0.25) is 0 Å². The highest BCUT2D eigenvalue weighted by molar-refractivity contribution is 6.06. The summed E-state index contributed by atoms with van der Waals surface area (Å²) in [5.41, 5.74) is 4.91. The van der Waals surface area contributed by atoms with Crippen LogP contribution in [0.3, 0.4) is 0 Å². The molecule has 196 valence electrons. The molecule has 8 heteroatoms. The first-order valence-electron chi connectivity index (χ1n) is 13.0. The normalized spacial score (nSPS) is 17.1. The van der Waals surface area contributed by atoms with Crippen LogP contribution < -0.4 is 10.2 Å². The van der Waals surface area contributed by atoms with Gasteiger partial charge in [0.25, 0.3) is 0 Å². The van der Waals surface area contributed by atoms with E-state index in [1.54, 1.807) is 11.8 Å². The molecule has 5 aromatic rings. The maximum Gasteiger partial charge on any atom is 0.326 e. The Bertz CT molecular complexity index is 1660. The molecular weight excluding hydrogens is 492 g/mol. The molecule has 39 heavy (non-hydrogen) atoms. The van der Waals surface area contributed by atoms with E-state index >= 15 is 0 Å². The zero-order chi connectivity index (χ0) is 26.9. The number of furan rings is 1. The smallest absolute Gasteiger partial charge is 0.326 e. The molecule has 6 rings (SSSR count). The summed E-state index contributed by atoms with van der Waals surface area (Å²) in [5.74, 6) is -0.261. The molecular formula is C31H28N4O4. The van der Waals surface area contributed by atoms with Crippen molar-refractivity contribution in [2.24, 2.45) is 5.92 Å². The fraction of sp³-hybridized carbons (Fsp3) is 0.226. The minimum atomic E-state index is -0.951. The molecule has 2 aromatic heterocycles. The number of carboxylic acids is 1. The third kappa shape index (κ3) is 5.05. The highest BCUT2D eigenvalue weighted by Gasteiger charge is 2.40. The second-order valence-corrected chi connectivity index (χ2v) is 10.1. The van der Waals surface area contributed by atoms with Gasteiger partial charge < -0.3 is 19.7 Å². The molecule has 0 radical (unpaired) electrons. The van der Waals surface area contributed by atoms with Gasteiger partial charge >= 0.3 is 5.97 Å². The van der Waals surface area contributed by atoms with Gasteiger partial charge in [0.1, 0.15) is 23.0 Å². The van der Waals surface area contributed by atoms with E-state index in [1.807, 2.05) is 66.7 Å². The number of hydrogen-bond donors (Lipinski definition) is 2. The lowest BCUT2D eigenvalue weighted by Gasteiger charge is -2.22. The number of carbonyl (C=O) groups is 2. The molecule has 1 saturated heterocycles. The Kier molecular flexibility index (Phi) is 6.44. The van der Waals surface area contributed by atoms with Crippen molar-refractivity contribution in [2.75, 3.05) is 16.8 Å². The largest absolute Gasteiger partial charge is 0.480 e. The van der Waals surface area contributed by atoms with Gasteiger partial charge in [0.2, 0.25) is 5.91 Å². The van der Waals surface area contributed by atoms with Crippen molar-refractivity contribution in [3.05, 3.63) is 95.8 Å². The third-order valence-corrected chi connectivity index (χ3v) is 7.22. The van der Waals surface area contributed by atoms with Crippen LogP contribution in [0.4, 0.5) is 11.5 Å².